The third kappa shape index (κ3) is 4.90. The maximum Gasteiger partial charge on any atom is 0.194 e. The molecule has 0 aliphatic carbocycles. The lowest BCUT2D eigenvalue weighted by molar-refractivity contribution is 0.110. The molecular weight excluding hydrogens is 348 g/mol. The molecule has 26 heavy (non-hydrogen) atoms. The van der Waals surface area contributed by atoms with E-state index in [1.807, 2.05) is 24.3 Å². The Morgan fingerprint density at radius 3 is 2.85 bits per heavy atom. The van der Waals surface area contributed by atoms with Gasteiger partial charge in [-0.15, -0.1) is 0 Å². The summed E-state index contributed by atoms with van der Waals surface area (Å²) >= 11 is 6.12. The van der Waals surface area contributed by atoms with Gasteiger partial charge in [-0.1, -0.05) is 23.7 Å². The van der Waals surface area contributed by atoms with Gasteiger partial charge in [0.05, 0.1) is 6.54 Å². The minimum atomic E-state index is -0.0839. The fourth-order valence-electron chi connectivity index (χ4n) is 3.96. The zero-order chi connectivity index (χ0) is 18.4. The summed E-state index contributed by atoms with van der Waals surface area (Å²) in [5, 5.41) is 4.18. The molecule has 2 fully saturated rings. The number of nitrogens with one attached hydrogen (secondary N) is 1. The van der Waals surface area contributed by atoms with E-state index in [1.165, 1.54) is 32.4 Å². The van der Waals surface area contributed by atoms with Crippen molar-refractivity contribution in [1.29, 1.82) is 0 Å². The molecule has 2 unspecified atom stereocenters. The van der Waals surface area contributed by atoms with Gasteiger partial charge in [-0.3, -0.25) is 9.89 Å². The van der Waals surface area contributed by atoms with Crippen LogP contribution < -0.4 is 5.32 Å². The van der Waals surface area contributed by atoms with Crippen molar-refractivity contribution in [2.45, 2.75) is 38.3 Å². The molecule has 0 saturated carbocycles. The van der Waals surface area contributed by atoms with Gasteiger partial charge in [0.1, 0.15) is 6.10 Å². The molecule has 6 heteroatoms. The van der Waals surface area contributed by atoms with Crippen LogP contribution in [0.15, 0.2) is 29.3 Å². The van der Waals surface area contributed by atoms with Gasteiger partial charge in [-0.25, -0.2) is 0 Å². The van der Waals surface area contributed by atoms with Crippen LogP contribution >= 0.6 is 11.6 Å². The molecular formula is C20H31ClN4O. The number of likely N-dealkylation sites (tertiary alicyclic amines) is 2. The van der Waals surface area contributed by atoms with Gasteiger partial charge in [0.25, 0.3) is 0 Å². The Balaban J connectivity index is 1.64. The molecule has 2 atom stereocenters. The maximum atomic E-state index is 6.12. The zero-order valence-corrected chi connectivity index (χ0v) is 16.7. The number of halogens is 1. The maximum absolute atomic E-state index is 6.12. The lowest BCUT2D eigenvalue weighted by Crippen LogP contribution is -2.43. The Bertz CT molecular complexity index is 603. The van der Waals surface area contributed by atoms with Crippen molar-refractivity contribution in [3.63, 3.8) is 0 Å². The molecule has 0 radical (unpaired) electrons. The lowest BCUT2D eigenvalue weighted by Gasteiger charge is -2.26. The van der Waals surface area contributed by atoms with E-state index in [0.29, 0.717) is 12.6 Å². The number of aliphatic imine (C=N–C) groups is 1. The summed E-state index contributed by atoms with van der Waals surface area (Å²) in [7, 11) is 1.73. The second-order valence-electron chi connectivity index (χ2n) is 7.11. The summed E-state index contributed by atoms with van der Waals surface area (Å²) in [4.78, 5) is 9.92. The second kappa shape index (κ2) is 9.58. The molecule has 0 spiro atoms. The van der Waals surface area contributed by atoms with Crippen LogP contribution in [0, 0.1) is 0 Å². The predicted octanol–water partition coefficient (Wildman–Crippen LogP) is 3.16. The zero-order valence-electron chi connectivity index (χ0n) is 16.0. The topological polar surface area (TPSA) is 40.1 Å². The quantitative estimate of drug-likeness (QED) is 0.609. The summed E-state index contributed by atoms with van der Waals surface area (Å²) in [6.45, 7) is 8.23. The van der Waals surface area contributed by atoms with Crippen molar-refractivity contribution >= 4 is 17.6 Å². The fraction of sp³-hybridized carbons (Fsp3) is 0.650. The van der Waals surface area contributed by atoms with Gasteiger partial charge >= 0.3 is 0 Å². The first-order chi connectivity index (χ1) is 12.7. The van der Waals surface area contributed by atoms with Crippen molar-refractivity contribution in [3.05, 3.63) is 34.9 Å². The molecule has 0 bridgehead atoms. The van der Waals surface area contributed by atoms with Crippen LogP contribution in [0.25, 0.3) is 0 Å². The Morgan fingerprint density at radius 2 is 2.15 bits per heavy atom. The van der Waals surface area contributed by atoms with Gasteiger partial charge in [0.15, 0.2) is 5.96 Å². The highest BCUT2D eigenvalue weighted by Crippen LogP contribution is 2.22. The van der Waals surface area contributed by atoms with Crippen molar-refractivity contribution < 1.29 is 4.74 Å². The standard InChI is InChI=1S/C20H31ClN4O/c1-3-22-20(25-12-9-18(15-25)24-10-4-5-11-24)23-14-19(26-2)16-7-6-8-17(21)13-16/h6-8,13,18-19H,3-5,9-12,14-15H2,1-2H3,(H,22,23). The molecule has 1 aromatic rings. The van der Waals surface area contributed by atoms with Gasteiger partial charge in [-0.2, -0.15) is 0 Å². The van der Waals surface area contributed by atoms with E-state index in [4.69, 9.17) is 21.3 Å². The molecule has 1 N–H and O–H groups in total. The number of benzene rings is 1. The number of methoxy groups -OCH3 is 1. The van der Waals surface area contributed by atoms with E-state index in [9.17, 15) is 0 Å². The third-order valence-corrected chi connectivity index (χ3v) is 5.60. The van der Waals surface area contributed by atoms with Crippen molar-refractivity contribution in [2.24, 2.45) is 4.99 Å². The van der Waals surface area contributed by atoms with E-state index in [-0.39, 0.29) is 6.10 Å². The van der Waals surface area contributed by atoms with Crippen molar-refractivity contribution in [1.82, 2.24) is 15.1 Å². The van der Waals surface area contributed by atoms with Crippen LogP contribution in [0.1, 0.15) is 37.9 Å². The molecule has 1 aromatic carbocycles. The largest absolute Gasteiger partial charge is 0.375 e. The Morgan fingerprint density at radius 1 is 1.35 bits per heavy atom. The third-order valence-electron chi connectivity index (χ3n) is 5.37. The predicted molar refractivity (Wildman–Crippen MR) is 108 cm³/mol. The molecule has 2 aliphatic rings. The SMILES string of the molecule is CCNC(=NCC(OC)c1cccc(Cl)c1)N1CCC(N2CCCC2)C1. The van der Waals surface area contributed by atoms with E-state index >= 15 is 0 Å². The van der Waals surface area contributed by atoms with Gasteiger partial charge in [-0.05, 0) is 57.0 Å². The molecule has 2 heterocycles. The number of ether oxygens (including phenoxy) is 1. The number of hydrogen-bond donors (Lipinski definition) is 1. The fourth-order valence-corrected chi connectivity index (χ4v) is 4.16. The second-order valence-corrected chi connectivity index (χ2v) is 7.54. The monoisotopic (exact) mass is 378 g/mol. The molecule has 5 nitrogen and oxygen atoms in total. The molecule has 144 valence electrons. The van der Waals surface area contributed by atoms with E-state index in [2.05, 4.69) is 22.0 Å². The number of rotatable bonds is 6. The normalized spacial score (nSPS) is 22.8. The minimum absolute atomic E-state index is 0.0839. The van der Waals surface area contributed by atoms with Crippen LogP contribution in [0.2, 0.25) is 5.02 Å². The van der Waals surface area contributed by atoms with Crippen LogP contribution in [0.4, 0.5) is 0 Å². The summed E-state index contributed by atoms with van der Waals surface area (Å²) < 4.78 is 5.66. The molecule has 0 amide bonds. The number of nitrogens with zero attached hydrogens (tertiary/aromatic N) is 3. The van der Waals surface area contributed by atoms with Crippen LogP contribution in [-0.4, -0.2) is 68.2 Å². The van der Waals surface area contributed by atoms with Crippen molar-refractivity contribution in [3.8, 4) is 0 Å². The van der Waals surface area contributed by atoms with Crippen molar-refractivity contribution in [2.75, 3.05) is 46.4 Å². The Kier molecular flexibility index (Phi) is 7.17. The van der Waals surface area contributed by atoms with E-state index in [0.717, 1.165) is 36.2 Å². The van der Waals surface area contributed by atoms with Crippen LogP contribution in [-0.2, 0) is 4.74 Å². The first-order valence-electron chi connectivity index (χ1n) is 9.76. The first kappa shape index (κ1) is 19.5. The summed E-state index contributed by atoms with van der Waals surface area (Å²) in [6, 6.07) is 8.51. The average molecular weight is 379 g/mol. The van der Waals surface area contributed by atoms with Gasteiger partial charge in [0.2, 0.25) is 0 Å². The smallest absolute Gasteiger partial charge is 0.194 e. The Hall–Kier alpha value is -1.30. The van der Waals surface area contributed by atoms with E-state index < -0.39 is 0 Å². The molecule has 3 rings (SSSR count). The summed E-state index contributed by atoms with van der Waals surface area (Å²) in [5.41, 5.74) is 1.07. The highest BCUT2D eigenvalue weighted by molar-refractivity contribution is 6.30. The molecule has 2 saturated heterocycles. The molecule has 2 aliphatic heterocycles. The minimum Gasteiger partial charge on any atom is -0.375 e. The van der Waals surface area contributed by atoms with Crippen LogP contribution in [0.5, 0.6) is 0 Å². The molecule has 0 aromatic heterocycles. The Labute approximate surface area is 162 Å². The number of hydrogen-bond acceptors (Lipinski definition) is 3. The average Bonchev–Trinajstić information content (AvgIpc) is 3.33. The summed E-state index contributed by atoms with van der Waals surface area (Å²) in [5.74, 6) is 0.998. The highest BCUT2D eigenvalue weighted by atomic mass is 35.5. The lowest BCUT2D eigenvalue weighted by atomic mass is 10.1. The first-order valence-corrected chi connectivity index (χ1v) is 10.1. The number of guanidine groups is 1. The van der Waals surface area contributed by atoms with E-state index in [1.54, 1.807) is 7.11 Å². The summed E-state index contributed by atoms with van der Waals surface area (Å²) in [6.07, 6.45) is 3.84. The van der Waals surface area contributed by atoms with Gasteiger partial charge < -0.3 is 15.0 Å². The van der Waals surface area contributed by atoms with Gasteiger partial charge in [0, 0.05) is 37.8 Å². The highest BCUT2D eigenvalue weighted by Gasteiger charge is 2.30. The van der Waals surface area contributed by atoms with Crippen LogP contribution in [0.3, 0.4) is 0 Å².